The Morgan fingerprint density at radius 2 is 1.24 bits per heavy atom. The van der Waals surface area contributed by atoms with Crippen molar-refractivity contribution in [3.63, 3.8) is 0 Å². The monoisotopic (exact) mass is 407 g/mol. The second kappa shape index (κ2) is 19.8. The first-order valence-corrected chi connectivity index (χ1v) is 11.8. The molecule has 29 heavy (non-hydrogen) atoms. The number of hydrogen-bond donors (Lipinski definition) is 2. The summed E-state index contributed by atoms with van der Waals surface area (Å²) in [7, 11) is 0. The van der Waals surface area contributed by atoms with Crippen molar-refractivity contribution >= 4 is 5.97 Å². The molecule has 0 aliphatic heterocycles. The van der Waals surface area contributed by atoms with Gasteiger partial charge in [0.25, 0.3) is 0 Å². The number of carboxylic acid groups (broad SMARTS) is 1. The lowest BCUT2D eigenvalue weighted by Crippen LogP contribution is -2.50. The average molecular weight is 408 g/mol. The van der Waals surface area contributed by atoms with Gasteiger partial charge in [0.15, 0.2) is 0 Å². The van der Waals surface area contributed by atoms with Crippen molar-refractivity contribution in [2.75, 3.05) is 6.54 Å². The maximum absolute atomic E-state index is 10.7. The van der Waals surface area contributed by atoms with Gasteiger partial charge in [-0.1, -0.05) is 115 Å². The first-order chi connectivity index (χ1) is 14.0. The summed E-state index contributed by atoms with van der Waals surface area (Å²) in [6.07, 6.45) is 20.3. The molecule has 0 saturated heterocycles. The highest BCUT2D eigenvalue weighted by Gasteiger charge is 1.99. The zero-order valence-electron chi connectivity index (χ0n) is 19.0. The lowest BCUT2D eigenvalue weighted by molar-refractivity contribution is -0.368. The van der Waals surface area contributed by atoms with Crippen LogP contribution in [0.2, 0.25) is 0 Å². The van der Waals surface area contributed by atoms with E-state index in [9.17, 15) is 9.90 Å². The fraction of sp³-hybridized carbons (Fsp3) is 0.720. The Morgan fingerprint density at radius 3 is 1.59 bits per heavy atom. The maximum atomic E-state index is 10.7. The number of para-hydroxylation sites is 1. The Kier molecular flexibility index (Phi) is 18.7. The largest absolute Gasteiger partial charge is 0.872 e. The van der Waals surface area contributed by atoms with E-state index in [1.54, 1.807) is 0 Å². The molecular weight excluding hydrogens is 362 g/mol. The fourth-order valence-corrected chi connectivity index (χ4v) is 3.32. The van der Waals surface area contributed by atoms with Crippen LogP contribution >= 0.6 is 0 Å². The van der Waals surface area contributed by atoms with Crippen LogP contribution in [0.1, 0.15) is 114 Å². The number of aromatic carboxylic acids is 1. The van der Waals surface area contributed by atoms with Crippen LogP contribution in [-0.4, -0.2) is 17.6 Å². The van der Waals surface area contributed by atoms with E-state index in [2.05, 4.69) is 19.6 Å². The second-order valence-electron chi connectivity index (χ2n) is 8.43. The molecule has 0 heterocycles. The molecule has 1 aromatic rings. The predicted octanol–water partition coefficient (Wildman–Crippen LogP) is 5.80. The van der Waals surface area contributed by atoms with Crippen LogP contribution in [0.15, 0.2) is 24.3 Å². The molecule has 1 rings (SSSR count). The van der Waals surface area contributed by atoms with Crippen LogP contribution in [0.4, 0.5) is 0 Å². The molecule has 0 aromatic heterocycles. The number of benzene rings is 1. The molecule has 0 fully saturated rings. The van der Waals surface area contributed by atoms with Crippen molar-refractivity contribution in [2.45, 2.75) is 104 Å². The van der Waals surface area contributed by atoms with Crippen molar-refractivity contribution < 1.29 is 20.7 Å². The van der Waals surface area contributed by atoms with E-state index in [-0.39, 0.29) is 5.56 Å². The molecule has 4 N–H and O–H groups in total. The molecule has 0 atom stereocenters. The predicted molar refractivity (Wildman–Crippen MR) is 120 cm³/mol. The van der Waals surface area contributed by atoms with Gasteiger partial charge in [0, 0.05) is 0 Å². The van der Waals surface area contributed by atoms with E-state index in [0.717, 1.165) is 12.5 Å². The van der Waals surface area contributed by atoms with Gasteiger partial charge in [-0.2, -0.15) is 0 Å². The highest BCUT2D eigenvalue weighted by atomic mass is 16.4. The second-order valence-corrected chi connectivity index (χ2v) is 8.43. The maximum Gasteiger partial charge on any atom is 0.335 e. The molecular formula is C25H45NO3. The highest BCUT2D eigenvalue weighted by Crippen LogP contribution is 2.14. The minimum absolute atomic E-state index is 0.178. The van der Waals surface area contributed by atoms with E-state index in [1.165, 1.54) is 114 Å². The topological polar surface area (TPSA) is 88.0 Å². The van der Waals surface area contributed by atoms with Gasteiger partial charge in [0.2, 0.25) is 0 Å². The van der Waals surface area contributed by atoms with Crippen LogP contribution in [0.5, 0.6) is 5.75 Å². The van der Waals surface area contributed by atoms with Gasteiger partial charge < -0.3 is 15.9 Å². The van der Waals surface area contributed by atoms with Crippen LogP contribution in [0, 0.1) is 5.92 Å². The summed E-state index contributed by atoms with van der Waals surface area (Å²) in [6.45, 7) is 5.79. The molecule has 1 aromatic carbocycles. The van der Waals surface area contributed by atoms with Crippen molar-refractivity contribution in [3.05, 3.63) is 29.8 Å². The van der Waals surface area contributed by atoms with Crippen LogP contribution < -0.4 is 10.8 Å². The van der Waals surface area contributed by atoms with Crippen LogP contribution in [0.25, 0.3) is 0 Å². The number of unbranched alkanes of at least 4 members (excludes halogenated alkanes) is 12. The number of carbonyl (C=O) groups is 1. The minimum Gasteiger partial charge on any atom is -0.872 e. The van der Waals surface area contributed by atoms with E-state index in [1.807, 2.05) is 0 Å². The summed E-state index contributed by atoms with van der Waals surface area (Å²) in [4.78, 5) is 10.2. The summed E-state index contributed by atoms with van der Waals surface area (Å²) in [5.41, 5.74) is 3.71. The van der Waals surface area contributed by atoms with Gasteiger partial charge in [-0.25, -0.2) is 4.79 Å². The zero-order chi connectivity index (χ0) is 21.7. The van der Waals surface area contributed by atoms with E-state index < -0.39 is 11.7 Å². The summed E-state index contributed by atoms with van der Waals surface area (Å²) in [5, 5.41) is 19.0. The Morgan fingerprint density at radius 1 is 0.828 bits per heavy atom. The normalized spacial score (nSPS) is 10.6. The molecule has 0 amide bonds. The van der Waals surface area contributed by atoms with Crippen molar-refractivity contribution in [2.24, 2.45) is 5.92 Å². The average Bonchev–Trinajstić information content (AvgIpc) is 2.68. The summed E-state index contributed by atoms with van der Waals surface area (Å²) in [6, 6.07) is 5.54. The third kappa shape index (κ3) is 18.2. The molecule has 0 aliphatic carbocycles. The minimum atomic E-state index is -1.18. The van der Waals surface area contributed by atoms with E-state index in [0.29, 0.717) is 0 Å². The molecule has 4 nitrogen and oxygen atoms in total. The molecule has 0 radical (unpaired) electrons. The first-order valence-electron chi connectivity index (χ1n) is 11.8. The third-order valence-electron chi connectivity index (χ3n) is 5.15. The van der Waals surface area contributed by atoms with Crippen LogP contribution in [-0.2, 0) is 0 Å². The summed E-state index contributed by atoms with van der Waals surface area (Å²) < 4.78 is 0. The first kappa shape index (κ1) is 27.5. The fourth-order valence-electron chi connectivity index (χ4n) is 3.32. The Hall–Kier alpha value is -1.55. The van der Waals surface area contributed by atoms with E-state index >= 15 is 0 Å². The van der Waals surface area contributed by atoms with Crippen molar-refractivity contribution in [1.29, 1.82) is 0 Å². The summed E-state index contributed by atoms with van der Waals surface area (Å²) >= 11 is 0. The van der Waals surface area contributed by atoms with Gasteiger partial charge in [-0.15, -0.1) is 0 Å². The van der Waals surface area contributed by atoms with Crippen molar-refractivity contribution in [1.82, 2.24) is 0 Å². The number of quaternary nitrogens is 1. The molecule has 4 heteroatoms. The molecule has 0 unspecified atom stereocenters. The Labute approximate surface area is 178 Å². The molecule has 0 aliphatic rings. The Balaban J connectivity index is 0.000000651. The Bertz CT molecular complexity index is 503. The highest BCUT2D eigenvalue weighted by molar-refractivity contribution is 5.90. The third-order valence-corrected chi connectivity index (χ3v) is 5.15. The zero-order valence-corrected chi connectivity index (χ0v) is 19.0. The smallest absolute Gasteiger partial charge is 0.335 e. The number of rotatable bonds is 16. The lowest BCUT2D eigenvalue weighted by atomic mass is 10.0. The van der Waals surface area contributed by atoms with Gasteiger partial charge in [0.1, 0.15) is 0 Å². The molecule has 168 valence electrons. The standard InChI is InChI=1S/C18H39N.C7H6O3/c1-18(2)16-14-12-10-8-6-4-3-5-7-9-11-13-15-17-19;8-6-4-2-1-3-5(6)7(9)10/h18H,3-17,19H2,1-2H3;1-4,8H,(H,9,10). The SMILES string of the molecule is CC(C)CCCCCCCCCCCCCCC[NH3+].O=C(O)c1ccccc1[O-]. The number of hydrogen-bond acceptors (Lipinski definition) is 2. The number of carboxylic acids is 1. The van der Waals surface area contributed by atoms with E-state index in [4.69, 9.17) is 5.11 Å². The molecule has 0 spiro atoms. The van der Waals surface area contributed by atoms with Gasteiger partial charge in [-0.3, -0.25) is 0 Å². The van der Waals surface area contributed by atoms with Gasteiger partial charge in [-0.05, 0) is 24.8 Å². The lowest BCUT2D eigenvalue weighted by Gasteiger charge is -2.07. The van der Waals surface area contributed by atoms with Gasteiger partial charge >= 0.3 is 5.97 Å². The quantitative estimate of drug-likeness (QED) is 0.339. The summed E-state index contributed by atoms with van der Waals surface area (Å²) in [5.74, 6) is -0.728. The van der Waals surface area contributed by atoms with Gasteiger partial charge in [0.05, 0.1) is 12.1 Å². The molecule has 0 saturated carbocycles. The van der Waals surface area contributed by atoms with Crippen LogP contribution in [0.3, 0.4) is 0 Å². The van der Waals surface area contributed by atoms with Crippen molar-refractivity contribution in [3.8, 4) is 5.75 Å². The molecule has 0 bridgehead atoms.